The minimum Gasteiger partial charge on any atom is -0.478 e. The van der Waals surface area contributed by atoms with Crippen LogP contribution in [0.25, 0.3) is 6.08 Å². The average molecular weight is 486 g/mol. The number of aromatic carboxylic acids is 1. The number of aromatic nitrogens is 3. The van der Waals surface area contributed by atoms with E-state index < -0.39 is 5.97 Å². The number of nitrogens with one attached hydrogen (secondary N) is 2. The number of hydrogen-bond acceptors (Lipinski definition) is 6. The molecule has 0 saturated carbocycles. The molecule has 0 saturated heterocycles. The van der Waals surface area contributed by atoms with Gasteiger partial charge in [-0.25, -0.2) is 4.79 Å². The molecule has 0 fully saturated rings. The summed E-state index contributed by atoms with van der Waals surface area (Å²) in [6.07, 6.45) is 3.02. The van der Waals surface area contributed by atoms with Gasteiger partial charge in [-0.15, -0.1) is 10.2 Å². The molecule has 2 aromatic carbocycles. The molecule has 0 aliphatic rings. The second-order valence-corrected chi connectivity index (χ2v) is 8.10. The number of anilines is 1. The molecule has 0 aliphatic heterocycles. The molecular weight excluding hydrogens is 466 g/mol. The largest absolute Gasteiger partial charge is 0.478 e. The maximum absolute atomic E-state index is 12.2. The van der Waals surface area contributed by atoms with Gasteiger partial charge < -0.3 is 20.3 Å². The number of carboxylic acid groups (broad SMARTS) is 1. The highest BCUT2D eigenvalue weighted by molar-refractivity contribution is 7.99. The Morgan fingerprint density at radius 2 is 1.85 bits per heavy atom. The molecular formula is C22H20ClN5O4S. The maximum Gasteiger partial charge on any atom is 0.335 e. The molecule has 0 aliphatic carbocycles. The predicted molar refractivity (Wildman–Crippen MR) is 126 cm³/mol. The van der Waals surface area contributed by atoms with Gasteiger partial charge in [-0.05, 0) is 42.0 Å². The number of amides is 2. The molecule has 1 aromatic heterocycles. The number of halogens is 1. The summed E-state index contributed by atoms with van der Waals surface area (Å²) < 4.78 is 1.69. The van der Waals surface area contributed by atoms with Crippen molar-refractivity contribution in [3.8, 4) is 0 Å². The fourth-order valence-corrected chi connectivity index (χ4v) is 3.58. The van der Waals surface area contributed by atoms with Crippen molar-refractivity contribution in [3.05, 3.63) is 76.6 Å². The van der Waals surface area contributed by atoms with E-state index in [0.717, 1.165) is 5.56 Å². The number of nitrogens with zero attached hydrogens (tertiary/aromatic N) is 3. The van der Waals surface area contributed by atoms with Crippen LogP contribution >= 0.6 is 23.4 Å². The smallest absolute Gasteiger partial charge is 0.335 e. The number of carboxylic acids is 1. The zero-order valence-electron chi connectivity index (χ0n) is 17.5. The van der Waals surface area contributed by atoms with E-state index in [1.54, 1.807) is 29.8 Å². The molecule has 3 aromatic rings. The zero-order chi connectivity index (χ0) is 23.8. The van der Waals surface area contributed by atoms with Crippen LogP contribution in [-0.4, -0.2) is 43.4 Å². The predicted octanol–water partition coefficient (Wildman–Crippen LogP) is 3.23. The molecule has 33 heavy (non-hydrogen) atoms. The second-order valence-electron chi connectivity index (χ2n) is 6.75. The van der Waals surface area contributed by atoms with Crippen LogP contribution in [0.15, 0.2) is 59.8 Å². The summed E-state index contributed by atoms with van der Waals surface area (Å²) in [6, 6.07) is 13.1. The van der Waals surface area contributed by atoms with Gasteiger partial charge in [0.05, 0.1) is 17.9 Å². The third-order valence-corrected chi connectivity index (χ3v) is 5.78. The van der Waals surface area contributed by atoms with E-state index >= 15 is 0 Å². The lowest BCUT2D eigenvalue weighted by molar-refractivity contribution is -0.116. The van der Waals surface area contributed by atoms with Crippen molar-refractivity contribution in [2.45, 2.75) is 11.7 Å². The minimum atomic E-state index is -1.03. The normalized spacial score (nSPS) is 10.8. The summed E-state index contributed by atoms with van der Waals surface area (Å²) >= 11 is 7.25. The lowest BCUT2D eigenvalue weighted by atomic mass is 10.2. The quantitative estimate of drug-likeness (QED) is 0.313. The summed E-state index contributed by atoms with van der Waals surface area (Å²) in [5.74, 6) is -0.999. The van der Waals surface area contributed by atoms with E-state index in [4.69, 9.17) is 16.7 Å². The second kappa shape index (κ2) is 11.3. The number of rotatable bonds is 9. The van der Waals surface area contributed by atoms with Crippen LogP contribution in [0.5, 0.6) is 0 Å². The van der Waals surface area contributed by atoms with E-state index in [0.29, 0.717) is 21.7 Å². The summed E-state index contributed by atoms with van der Waals surface area (Å²) in [5, 5.41) is 23.5. The summed E-state index contributed by atoms with van der Waals surface area (Å²) in [7, 11) is 1.74. The minimum absolute atomic E-state index is 0.0829. The Morgan fingerprint density at radius 1 is 1.12 bits per heavy atom. The molecule has 1 heterocycles. The molecule has 3 N–H and O–H groups in total. The Kier molecular flexibility index (Phi) is 8.22. The monoisotopic (exact) mass is 485 g/mol. The zero-order valence-corrected chi connectivity index (χ0v) is 19.1. The maximum atomic E-state index is 12.2. The van der Waals surface area contributed by atoms with Gasteiger partial charge in [0.1, 0.15) is 0 Å². The highest BCUT2D eigenvalue weighted by atomic mass is 35.5. The average Bonchev–Trinajstić information content (AvgIpc) is 3.15. The van der Waals surface area contributed by atoms with Gasteiger partial charge in [0, 0.05) is 23.8 Å². The summed E-state index contributed by atoms with van der Waals surface area (Å²) in [4.78, 5) is 35.1. The Hall–Kier alpha value is -3.63. The van der Waals surface area contributed by atoms with Gasteiger partial charge in [-0.2, -0.15) is 0 Å². The van der Waals surface area contributed by atoms with Crippen LogP contribution in [0.2, 0.25) is 5.02 Å². The van der Waals surface area contributed by atoms with Crippen LogP contribution in [-0.2, 0) is 23.2 Å². The molecule has 9 nitrogen and oxygen atoms in total. The van der Waals surface area contributed by atoms with E-state index in [1.807, 2.05) is 12.1 Å². The van der Waals surface area contributed by atoms with Crippen molar-refractivity contribution < 1.29 is 19.5 Å². The number of hydrogen-bond donors (Lipinski definition) is 3. The summed E-state index contributed by atoms with van der Waals surface area (Å²) in [5.41, 5.74) is 1.38. The van der Waals surface area contributed by atoms with Crippen LogP contribution < -0.4 is 10.6 Å². The highest BCUT2D eigenvalue weighted by Gasteiger charge is 2.12. The first kappa shape index (κ1) is 24.0. The fourth-order valence-electron chi connectivity index (χ4n) is 2.65. The van der Waals surface area contributed by atoms with Crippen molar-refractivity contribution in [3.63, 3.8) is 0 Å². The molecule has 3 rings (SSSR count). The molecule has 11 heteroatoms. The van der Waals surface area contributed by atoms with Crippen molar-refractivity contribution >= 4 is 52.9 Å². The third kappa shape index (κ3) is 6.93. The Bertz CT molecular complexity index is 1190. The lowest BCUT2D eigenvalue weighted by Gasteiger charge is -2.06. The van der Waals surface area contributed by atoms with E-state index in [1.165, 1.54) is 42.1 Å². The van der Waals surface area contributed by atoms with Crippen molar-refractivity contribution in [1.29, 1.82) is 0 Å². The van der Waals surface area contributed by atoms with Gasteiger partial charge in [0.2, 0.25) is 11.8 Å². The molecule has 0 atom stereocenters. The highest BCUT2D eigenvalue weighted by Crippen LogP contribution is 2.18. The van der Waals surface area contributed by atoms with E-state index in [2.05, 4.69) is 20.8 Å². The third-order valence-electron chi connectivity index (χ3n) is 4.41. The van der Waals surface area contributed by atoms with Gasteiger partial charge in [0.15, 0.2) is 11.0 Å². The van der Waals surface area contributed by atoms with Crippen LogP contribution in [0.4, 0.5) is 5.69 Å². The topological polar surface area (TPSA) is 126 Å². The Labute approximate surface area is 198 Å². The molecule has 0 unspecified atom stereocenters. The van der Waals surface area contributed by atoms with Gasteiger partial charge in [-0.3, -0.25) is 9.59 Å². The molecule has 2 amide bonds. The van der Waals surface area contributed by atoms with Gasteiger partial charge >= 0.3 is 5.97 Å². The van der Waals surface area contributed by atoms with Crippen LogP contribution in [0.1, 0.15) is 21.7 Å². The SMILES string of the molecule is Cn1c(CNC(=O)/C=C/c2ccccc2Cl)nnc1SCC(=O)Nc1ccc(C(=O)O)cc1. The molecule has 0 bridgehead atoms. The van der Waals surface area contributed by atoms with Crippen molar-refractivity contribution in [2.24, 2.45) is 7.05 Å². The Balaban J connectivity index is 1.48. The first-order chi connectivity index (χ1) is 15.8. The molecule has 0 spiro atoms. The van der Waals surface area contributed by atoms with Crippen molar-refractivity contribution in [2.75, 3.05) is 11.1 Å². The van der Waals surface area contributed by atoms with Gasteiger partial charge in [0.25, 0.3) is 0 Å². The lowest BCUT2D eigenvalue weighted by Crippen LogP contribution is -2.22. The first-order valence-corrected chi connectivity index (χ1v) is 11.0. The standard InChI is InChI=1S/C22H20ClN5O4S/c1-28-18(12-24-19(29)11-8-14-4-2-3-5-17(14)23)26-27-22(28)33-13-20(30)25-16-9-6-15(7-10-16)21(31)32/h2-11H,12-13H2,1H3,(H,24,29)(H,25,30)(H,31,32)/b11-8+. The van der Waals surface area contributed by atoms with Crippen LogP contribution in [0.3, 0.4) is 0 Å². The van der Waals surface area contributed by atoms with E-state index in [9.17, 15) is 14.4 Å². The first-order valence-electron chi connectivity index (χ1n) is 9.68. The number of carbonyl (C=O) groups excluding carboxylic acids is 2. The number of thioether (sulfide) groups is 1. The Morgan fingerprint density at radius 3 is 2.55 bits per heavy atom. The fraction of sp³-hybridized carbons (Fsp3) is 0.136. The van der Waals surface area contributed by atoms with Crippen LogP contribution in [0, 0.1) is 0 Å². The number of carbonyl (C=O) groups is 3. The van der Waals surface area contributed by atoms with E-state index in [-0.39, 0.29) is 29.7 Å². The molecule has 0 radical (unpaired) electrons. The number of benzene rings is 2. The van der Waals surface area contributed by atoms with Crippen molar-refractivity contribution in [1.82, 2.24) is 20.1 Å². The molecule has 170 valence electrons. The van der Waals surface area contributed by atoms with Gasteiger partial charge in [-0.1, -0.05) is 41.6 Å². The summed E-state index contributed by atoms with van der Waals surface area (Å²) in [6.45, 7) is 0.165.